The van der Waals surface area contributed by atoms with Gasteiger partial charge in [-0.1, -0.05) is 30.4 Å². The average molecular weight is 315 g/mol. The normalized spacial score (nSPS) is 16.8. The monoisotopic (exact) mass is 315 g/mol. The Hall–Kier alpha value is -1.77. The van der Waals surface area contributed by atoms with Crippen LogP contribution in [0.15, 0.2) is 24.3 Å². The molecule has 3 heteroatoms. The summed E-state index contributed by atoms with van der Waals surface area (Å²) in [5, 5.41) is 0. The molecule has 1 aromatic rings. The number of carbonyl (C=O) groups is 1. The lowest BCUT2D eigenvalue weighted by Gasteiger charge is -2.32. The van der Waals surface area contributed by atoms with Crippen molar-refractivity contribution in [3.05, 3.63) is 41.0 Å². The molecule has 1 amide bonds. The third-order valence-corrected chi connectivity index (χ3v) is 4.27. The van der Waals surface area contributed by atoms with E-state index < -0.39 is 5.60 Å². The summed E-state index contributed by atoms with van der Waals surface area (Å²) in [4.78, 5) is 13.9. The van der Waals surface area contributed by atoms with Crippen LogP contribution < -0.4 is 0 Å². The van der Waals surface area contributed by atoms with Crippen LogP contribution in [0.4, 0.5) is 4.79 Å². The molecule has 1 saturated heterocycles. The van der Waals surface area contributed by atoms with Gasteiger partial charge in [-0.15, -0.1) is 0 Å². The predicted octanol–water partition coefficient (Wildman–Crippen LogP) is 4.96. The predicted molar refractivity (Wildman–Crippen MR) is 95.5 cm³/mol. The van der Waals surface area contributed by atoms with E-state index >= 15 is 0 Å². The van der Waals surface area contributed by atoms with E-state index in [0.29, 0.717) is 5.92 Å². The van der Waals surface area contributed by atoms with Crippen LogP contribution in [-0.2, 0) is 4.74 Å². The summed E-state index contributed by atoms with van der Waals surface area (Å²) in [5.74, 6) is 0.535. The number of likely N-dealkylation sites (tertiary alicyclic amines) is 1. The fraction of sp³-hybridized carbons (Fsp3) is 0.550. The maximum absolute atomic E-state index is 12.1. The van der Waals surface area contributed by atoms with Gasteiger partial charge < -0.3 is 9.64 Å². The van der Waals surface area contributed by atoms with Crippen LogP contribution in [0, 0.1) is 19.8 Å². The molecule has 1 aliphatic heterocycles. The van der Waals surface area contributed by atoms with Gasteiger partial charge in [0.1, 0.15) is 5.60 Å². The van der Waals surface area contributed by atoms with Crippen LogP contribution in [0.2, 0.25) is 0 Å². The maximum Gasteiger partial charge on any atom is 0.410 e. The van der Waals surface area contributed by atoms with Gasteiger partial charge >= 0.3 is 6.09 Å². The zero-order chi connectivity index (χ0) is 17.0. The Bertz CT molecular complexity index is 556. The second-order valence-electron chi connectivity index (χ2n) is 7.47. The summed E-state index contributed by atoms with van der Waals surface area (Å²) < 4.78 is 5.44. The molecule has 1 fully saturated rings. The SMILES string of the molecule is Cc1cccc(C)c1C=CC1CCN(C(=O)OC(C)(C)C)CC1. The van der Waals surface area contributed by atoms with E-state index in [4.69, 9.17) is 4.74 Å². The minimum absolute atomic E-state index is 0.185. The van der Waals surface area contributed by atoms with Crippen LogP contribution in [0.1, 0.15) is 50.3 Å². The summed E-state index contributed by atoms with van der Waals surface area (Å²) >= 11 is 0. The molecule has 0 aromatic heterocycles. The van der Waals surface area contributed by atoms with E-state index in [-0.39, 0.29) is 6.09 Å². The molecule has 0 unspecified atom stereocenters. The first-order valence-corrected chi connectivity index (χ1v) is 8.48. The highest BCUT2D eigenvalue weighted by Crippen LogP contribution is 2.23. The van der Waals surface area contributed by atoms with E-state index in [2.05, 4.69) is 44.2 Å². The Morgan fingerprint density at radius 3 is 2.26 bits per heavy atom. The van der Waals surface area contributed by atoms with Gasteiger partial charge in [-0.05, 0) is 70.1 Å². The Kier molecular flexibility index (Phi) is 5.51. The number of benzene rings is 1. The molecule has 3 nitrogen and oxygen atoms in total. The molecule has 126 valence electrons. The van der Waals surface area contributed by atoms with Gasteiger partial charge in [0, 0.05) is 13.1 Å². The molecular formula is C20H29NO2. The lowest BCUT2D eigenvalue weighted by molar-refractivity contribution is 0.0197. The lowest BCUT2D eigenvalue weighted by atomic mass is 9.94. The van der Waals surface area contributed by atoms with E-state index in [1.165, 1.54) is 16.7 Å². The third kappa shape index (κ3) is 5.12. The van der Waals surface area contributed by atoms with Crippen molar-refractivity contribution in [1.82, 2.24) is 4.90 Å². The van der Waals surface area contributed by atoms with Crippen molar-refractivity contribution >= 4 is 12.2 Å². The van der Waals surface area contributed by atoms with Gasteiger partial charge in [-0.3, -0.25) is 0 Å². The molecule has 0 spiro atoms. The van der Waals surface area contributed by atoms with E-state index in [1.807, 2.05) is 25.7 Å². The molecule has 0 saturated carbocycles. The maximum atomic E-state index is 12.1. The summed E-state index contributed by atoms with van der Waals surface area (Å²) in [7, 11) is 0. The third-order valence-electron chi connectivity index (χ3n) is 4.27. The average Bonchev–Trinajstić information content (AvgIpc) is 2.45. The molecule has 0 bridgehead atoms. The number of ether oxygens (including phenoxy) is 1. The van der Waals surface area contributed by atoms with E-state index in [1.54, 1.807) is 0 Å². The van der Waals surface area contributed by atoms with Crippen molar-refractivity contribution in [2.24, 2.45) is 5.92 Å². The minimum Gasteiger partial charge on any atom is -0.444 e. The van der Waals surface area contributed by atoms with Gasteiger partial charge in [0.15, 0.2) is 0 Å². The van der Waals surface area contributed by atoms with Gasteiger partial charge in [-0.25, -0.2) is 4.79 Å². The molecule has 1 aliphatic rings. The first-order chi connectivity index (χ1) is 10.8. The zero-order valence-corrected chi connectivity index (χ0v) is 15.1. The van der Waals surface area contributed by atoms with Crippen molar-refractivity contribution < 1.29 is 9.53 Å². The first-order valence-electron chi connectivity index (χ1n) is 8.48. The largest absolute Gasteiger partial charge is 0.444 e. The quantitative estimate of drug-likeness (QED) is 0.771. The second kappa shape index (κ2) is 7.20. The molecular weight excluding hydrogens is 286 g/mol. The Balaban J connectivity index is 1.90. The van der Waals surface area contributed by atoms with Crippen molar-refractivity contribution in [2.75, 3.05) is 13.1 Å². The smallest absolute Gasteiger partial charge is 0.410 e. The Labute approximate surface area is 140 Å². The highest BCUT2D eigenvalue weighted by molar-refractivity contribution is 5.68. The number of allylic oxidation sites excluding steroid dienone is 1. The molecule has 1 heterocycles. The number of aryl methyl sites for hydroxylation is 2. The van der Waals surface area contributed by atoms with Crippen molar-refractivity contribution in [3.8, 4) is 0 Å². The molecule has 0 N–H and O–H groups in total. The van der Waals surface area contributed by atoms with E-state index in [9.17, 15) is 4.79 Å². The second-order valence-corrected chi connectivity index (χ2v) is 7.47. The van der Waals surface area contributed by atoms with Crippen LogP contribution in [0.5, 0.6) is 0 Å². The van der Waals surface area contributed by atoms with Crippen LogP contribution in [0.25, 0.3) is 6.08 Å². The molecule has 2 rings (SSSR count). The van der Waals surface area contributed by atoms with Gasteiger partial charge in [-0.2, -0.15) is 0 Å². The van der Waals surface area contributed by atoms with Gasteiger partial charge in [0.05, 0.1) is 0 Å². The summed E-state index contributed by atoms with van der Waals surface area (Å²) in [6, 6.07) is 6.40. The molecule has 0 radical (unpaired) electrons. The highest BCUT2D eigenvalue weighted by atomic mass is 16.6. The van der Waals surface area contributed by atoms with E-state index in [0.717, 1.165) is 25.9 Å². The standard InChI is InChI=1S/C20H29NO2/c1-15-7-6-8-16(2)18(15)10-9-17-11-13-21(14-12-17)19(22)23-20(3,4)5/h6-10,17H,11-14H2,1-5H3. The van der Waals surface area contributed by atoms with Crippen LogP contribution in [0.3, 0.4) is 0 Å². The van der Waals surface area contributed by atoms with Gasteiger partial charge in [0.2, 0.25) is 0 Å². The molecule has 0 aliphatic carbocycles. The fourth-order valence-electron chi connectivity index (χ4n) is 2.92. The first kappa shape index (κ1) is 17.6. The number of amides is 1. The topological polar surface area (TPSA) is 29.5 Å². The molecule has 23 heavy (non-hydrogen) atoms. The van der Waals surface area contributed by atoms with Crippen molar-refractivity contribution in [1.29, 1.82) is 0 Å². The molecule has 1 aromatic carbocycles. The number of rotatable bonds is 2. The fourth-order valence-corrected chi connectivity index (χ4v) is 2.92. The van der Waals surface area contributed by atoms with Crippen molar-refractivity contribution in [3.63, 3.8) is 0 Å². The zero-order valence-electron chi connectivity index (χ0n) is 15.1. The number of hydrogen-bond donors (Lipinski definition) is 0. The highest BCUT2D eigenvalue weighted by Gasteiger charge is 2.25. The van der Waals surface area contributed by atoms with Crippen molar-refractivity contribution in [2.45, 2.75) is 53.1 Å². The number of hydrogen-bond acceptors (Lipinski definition) is 2. The Morgan fingerprint density at radius 1 is 1.17 bits per heavy atom. The number of carbonyl (C=O) groups excluding carboxylic acids is 1. The lowest BCUT2D eigenvalue weighted by Crippen LogP contribution is -2.41. The molecule has 0 atom stereocenters. The van der Waals surface area contributed by atoms with Gasteiger partial charge in [0.25, 0.3) is 0 Å². The summed E-state index contributed by atoms with van der Waals surface area (Å²) in [5.41, 5.74) is 3.53. The summed E-state index contributed by atoms with van der Waals surface area (Å²) in [6.45, 7) is 11.6. The number of nitrogens with zero attached hydrogens (tertiary/aromatic N) is 1. The van der Waals surface area contributed by atoms with Crippen LogP contribution >= 0.6 is 0 Å². The Morgan fingerprint density at radius 2 is 1.74 bits per heavy atom. The minimum atomic E-state index is -0.420. The summed E-state index contributed by atoms with van der Waals surface area (Å²) in [6.07, 6.45) is 6.37. The van der Waals surface area contributed by atoms with Crippen LogP contribution in [-0.4, -0.2) is 29.7 Å². The number of piperidine rings is 1.